The number of ether oxygens (including phenoxy) is 2. The molecule has 120 valence electrons. The molecule has 0 radical (unpaired) electrons. The third-order valence-corrected chi connectivity index (χ3v) is 4.10. The van der Waals surface area contributed by atoms with E-state index in [1.807, 2.05) is 6.08 Å². The largest absolute Gasteiger partial charge is 0.388 e. The van der Waals surface area contributed by atoms with Crippen LogP contribution >= 0.6 is 11.8 Å². The Labute approximate surface area is 129 Å². The second kappa shape index (κ2) is 17.0. The molecule has 0 aromatic carbocycles. The maximum absolute atomic E-state index is 9.37. The summed E-state index contributed by atoms with van der Waals surface area (Å²) in [4.78, 5) is 0. The first-order valence-corrected chi connectivity index (χ1v) is 8.90. The normalized spacial score (nSPS) is 12.5. The van der Waals surface area contributed by atoms with E-state index in [0.717, 1.165) is 19.4 Å². The van der Waals surface area contributed by atoms with Gasteiger partial charge >= 0.3 is 0 Å². The summed E-state index contributed by atoms with van der Waals surface area (Å²) < 4.78 is 10.2. The fourth-order valence-electron chi connectivity index (χ4n) is 1.82. The van der Waals surface area contributed by atoms with E-state index < -0.39 is 6.10 Å². The molecule has 3 nitrogen and oxygen atoms in total. The molecular formula is C16H32O3S. The standard InChI is InChI=1S/C16H32O3S/c1-3-4-5-6-9-12-20-13-10-7-8-11-19-15-16(17)14-18-2/h3,16-17H,1,4-15H2,2H3. The number of unbranched alkanes of at least 4 members (excludes halogenated alkanes) is 5. The predicted octanol–water partition coefficient (Wildman–Crippen LogP) is 3.66. The van der Waals surface area contributed by atoms with Crippen molar-refractivity contribution < 1.29 is 14.6 Å². The van der Waals surface area contributed by atoms with Crippen molar-refractivity contribution >= 4 is 11.8 Å². The number of thioether (sulfide) groups is 1. The van der Waals surface area contributed by atoms with Crippen LogP contribution in [0.2, 0.25) is 0 Å². The highest BCUT2D eigenvalue weighted by Crippen LogP contribution is 2.10. The first kappa shape index (κ1) is 20.0. The monoisotopic (exact) mass is 304 g/mol. The number of aliphatic hydroxyl groups excluding tert-OH is 1. The second-order valence-corrected chi connectivity index (χ2v) is 6.22. The average Bonchev–Trinajstić information content (AvgIpc) is 2.44. The molecule has 0 amide bonds. The summed E-state index contributed by atoms with van der Waals surface area (Å²) in [5.41, 5.74) is 0. The number of hydrogen-bond acceptors (Lipinski definition) is 4. The van der Waals surface area contributed by atoms with E-state index >= 15 is 0 Å². The van der Waals surface area contributed by atoms with Crippen molar-refractivity contribution in [1.82, 2.24) is 0 Å². The number of aliphatic hydroxyl groups is 1. The Kier molecular flexibility index (Phi) is 17.0. The lowest BCUT2D eigenvalue weighted by molar-refractivity contribution is -0.00676. The lowest BCUT2D eigenvalue weighted by atomic mass is 10.2. The van der Waals surface area contributed by atoms with Crippen LogP contribution in [0.15, 0.2) is 12.7 Å². The van der Waals surface area contributed by atoms with Gasteiger partial charge < -0.3 is 14.6 Å². The van der Waals surface area contributed by atoms with Gasteiger partial charge in [-0.15, -0.1) is 6.58 Å². The second-order valence-electron chi connectivity index (χ2n) is 5.00. The first-order valence-electron chi connectivity index (χ1n) is 7.74. The summed E-state index contributed by atoms with van der Waals surface area (Å²) in [6, 6.07) is 0. The van der Waals surface area contributed by atoms with Crippen LogP contribution in [0.25, 0.3) is 0 Å². The van der Waals surface area contributed by atoms with Crippen LogP contribution < -0.4 is 0 Å². The molecule has 0 rings (SSSR count). The van der Waals surface area contributed by atoms with Gasteiger partial charge in [-0.2, -0.15) is 11.8 Å². The Balaban J connectivity index is 3.01. The maximum atomic E-state index is 9.37. The average molecular weight is 304 g/mol. The van der Waals surface area contributed by atoms with E-state index in [-0.39, 0.29) is 0 Å². The van der Waals surface area contributed by atoms with Crippen LogP contribution in [0, 0.1) is 0 Å². The zero-order valence-corrected chi connectivity index (χ0v) is 13.8. The summed E-state index contributed by atoms with van der Waals surface area (Å²) in [6.45, 7) is 5.21. The van der Waals surface area contributed by atoms with E-state index in [0.29, 0.717) is 13.2 Å². The molecule has 0 aliphatic heterocycles. The quantitative estimate of drug-likeness (QED) is 0.349. The van der Waals surface area contributed by atoms with E-state index in [1.54, 1.807) is 7.11 Å². The van der Waals surface area contributed by atoms with Crippen molar-refractivity contribution in [3.63, 3.8) is 0 Å². The van der Waals surface area contributed by atoms with Gasteiger partial charge in [0.2, 0.25) is 0 Å². The third-order valence-electron chi connectivity index (χ3n) is 2.94. The smallest absolute Gasteiger partial charge is 0.101 e. The zero-order chi connectivity index (χ0) is 14.9. The van der Waals surface area contributed by atoms with E-state index in [1.165, 1.54) is 43.6 Å². The zero-order valence-electron chi connectivity index (χ0n) is 13.0. The molecular weight excluding hydrogens is 272 g/mol. The Morgan fingerprint density at radius 1 is 1.05 bits per heavy atom. The summed E-state index contributed by atoms with van der Waals surface area (Å²) in [7, 11) is 1.58. The van der Waals surface area contributed by atoms with Crippen LogP contribution in [0.5, 0.6) is 0 Å². The van der Waals surface area contributed by atoms with Gasteiger partial charge in [0.25, 0.3) is 0 Å². The van der Waals surface area contributed by atoms with Crippen molar-refractivity contribution in [3.8, 4) is 0 Å². The van der Waals surface area contributed by atoms with Gasteiger partial charge in [-0.25, -0.2) is 0 Å². The van der Waals surface area contributed by atoms with E-state index in [9.17, 15) is 5.11 Å². The summed E-state index contributed by atoms with van der Waals surface area (Å²) in [6.07, 6.45) is 10.2. The van der Waals surface area contributed by atoms with Crippen molar-refractivity contribution in [2.45, 2.75) is 51.0 Å². The number of methoxy groups -OCH3 is 1. The third kappa shape index (κ3) is 16.0. The molecule has 1 unspecified atom stereocenters. The predicted molar refractivity (Wildman–Crippen MR) is 88.5 cm³/mol. The van der Waals surface area contributed by atoms with Gasteiger partial charge in [-0.05, 0) is 43.6 Å². The highest BCUT2D eigenvalue weighted by Gasteiger charge is 2.02. The molecule has 0 saturated heterocycles. The van der Waals surface area contributed by atoms with E-state index in [2.05, 4.69) is 18.3 Å². The van der Waals surface area contributed by atoms with Crippen LogP contribution in [-0.2, 0) is 9.47 Å². The lowest BCUT2D eigenvalue weighted by Gasteiger charge is -2.09. The Hall–Kier alpha value is -0.0300. The fourth-order valence-corrected chi connectivity index (χ4v) is 2.84. The molecule has 1 atom stereocenters. The minimum absolute atomic E-state index is 0.351. The van der Waals surface area contributed by atoms with Gasteiger partial charge in [-0.3, -0.25) is 0 Å². The molecule has 20 heavy (non-hydrogen) atoms. The molecule has 1 N–H and O–H groups in total. The fraction of sp³-hybridized carbons (Fsp3) is 0.875. The minimum Gasteiger partial charge on any atom is -0.388 e. The molecule has 0 aromatic rings. The Bertz CT molecular complexity index is 200. The van der Waals surface area contributed by atoms with Crippen molar-refractivity contribution in [2.24, 2.45) is 0 Å². The Morgan fingerprint density at radius 3 is 2.40 bits per heavy atom. The van der Waals surface area contributed by atoms with Gasteiger partial charge in [-0.1, -0.05) is 18.9 Å². The van der Waals surface area contributed by atoms with Crippen molar-refractivity contribution in [1.29, 1.82) is 0 Å². The van der Waals surface area contributed by atoms with Crippen LogP contribution in [-0.4, -0.2) is 49.6 Å². The molecule has 0 spiro atoms. The van der Waals surface area contributed by atoms with Crippen LogP contribution in [0.1, 0.15) is 44.9 Å². The summed E-state index contributed by atoms with van der Waals surface area (Å²) >= 11 is 2.06. The van der Waals surface area contributed by atoms with Gasteiger partial charge in [0.1, 0.15) is 6.10 Å². The molecule has 0 saturated carbocycles. The molecule has 4 heteroatoms. The number of allylic oxidation sites excluding steroid dienone is 1. The molecule has 0 aliphatic rings. The molecule has 0 bridgehead atoms. The van der Waals surface area contributed by atoms with Crippen LogP contribution in [0.4, 0.5) is 0 Å². The van der Waals surface area contributed by atoms with Gasteiger partial charge in [0.05, 0.1) is 13.2 Å². The van der Waals surface area contributed by atoms with Crippen molar-refractivity contribution in [3.05, 3.63) is 12.7 Å². The van der Waals surface area contributed by atoms with Crippen molar-refractivity contribution in [2.75, 3.05) is 38.4 Å². The summed E-state index contributed by atoms with van der Waals surface area (Å²) in [5, 5.41) is 9.37. The first-order chi connectivity index (χ1) is 9.81. The van der Waals surface area contributed by atoms with Gasteiger partial charge in [0, 0.05) is 13.7 Å². The summed E-state index contributed by atoms with van der Waals surface area (Å²) in [5.74, 6) is 2.55. The maximum Gasteiger partial charge on any atom is 0.101 e. The SMILES string of the molecule is C=CCCCCCSCCCCCOCC(O)COC. The van der Waals surface area contributed by atoms with Gasteiger partial charge in [0.15, 0.2) is 0 Å². The topological polar surface area (TPSA) is 38.7 Å². The Morgan fingerprint density at radius 2 is 1.75 bits per heavy atom. The number of hydrogen-bond donors (Lipinski definition) is 1. The highest BCUT2D eigenvalue weighted by molar-refractivity contribution is 7.99. The van der Waals surface area contributed by atoms with Crippen LogP contribution in [0.3, 0.4) is 0 Å². The molecule has 0 aliphatic carbocycles. The molecule has 0 heterocycles. The molecule has 0 aromatic heterocycles. The van der Waals surface area contributed by atoms with E-state index in [4.69, 9.17) is 9.47 Å². The lowest BCUT2D eigenvalue weighted by Crippen LogP contribution is -2.21. The highest BCUT2D eigenvalue weighted by atomic mass is 32.2. The minimum atomic E-state index is -0.489. The number of rotatable bonds is 16. The molecule has 0 fully saturated rings.